The van der Waals surface area contributed by atoms with Crippen LogP contribution in [0, 0.1) is 56.2 Å². The first-order chi connectivity index (χ1) is 15.5. The van der Waals surface area contributed by atoms with Crippen molar-refractivity contribution in [3.8, 4) is 0 Å². The fourth-order valence-corrected chi connectivity index (χ4v) is 11.0. The Labute approximate surface area is 208 Å². The van der Waals surface area contributed by atoms with Gasteiger partial charge in [-0.25, -0.2) is 0 Å². The standard InChI is InChI=1S/C31H52O3/c1-18-25(34)31(9)20(16-26(18,2)3)19-10-11-22-28(6)14-13-23(32)27(4,5)21(28)12-15-29(22,7)30(19,8)17-24(31)33/h10,18,20-25,32-34H,11-17H2,1-9H3/t18-,20?,21?,22?,23-,24+,25-,28-,29+,30+,31-/m0/s1. The largest absolute Gasteiger partial charge is 0.393 e. The van der Waals surface area contributed by atoms with Gasteiger partial charge in [0.2, 0.25) is 0 Å². The van der Waals surface area contributed by atoms with E-state index in [1.54, 1.807) is 5.57 Å². The molecular weight excluding hydrogens is 420 g/mol. The SMILES string of the molecule is C[C@H]1[C@H](O)[C@@]2(C)C(CC1(C)C)C1=CCC3[C@@]4(C)CC[C@H](O)C(C)(C)C4CC[C@@]3(C)[C@]1(C)C[C@H]2O. The first kappa shape index (κ1) is 25.3. The maximum atomic E-state index is 11.8. The quantitative estimate of drug-likeness (QED) is 0.360. The third-order valence-electron chi connectivity index (χ3n) is 14.0. The van der Waals surface area contributed by atoms with Crippen molar-refractivity contribution in [3.63, 3.8) is 0 Å². The summed E-state index contributed by atoms with van der Waals surface area (Å²) < 4.78 is 0. The van der Waals surface area contributed by atoms with Crippen molar-refractivity contribution in [3.05, 3.63) is 11.6 Å². The fourth-order valence-electron chi connectivity index (χ4n) is 11.0. The summed E-state index contributed by atoms with van der Waals surface area (Å²) in [5.41, 5.74) is 1.37. The summed E-state index contributed by atoms with van der Waals surface area (Å²) in [5.74, 6) is 1.51. The van der Waals surface area contributed by atoms with Crippen LogP contribution in [-0.2, 0) is 0 Å². The highest BCUT2D eigenvalue weighted by Crippen LogP contribution is 2.75. The van der Waals surface area contributed by atoms with Crippen molar-refractivity contribution in [2.75, 3.05) is 0 Å². The zero-order valence-corrected chi connectivity index (χ0v) is 23.4. The Balaban J connectivity index is 1.62. The lowest BCUT2D eigenvalue weighted by Gasteiger charge is -2.72. The second-order valence-corrected chi connectivity index (χ2v) is 15.7. The first-order valence-corrected chi connectivity index (χ1v) is 14.2. The molecule has 34 heavy (non-hydrogen) atoms. The normalized spacial score (nSPS) is 58.0. The molecule has 0 radical (unpaired) electrons. The molecule has 0 bridgehead atoms. The lowest BCUT2D eigenvalue weighted by Crippen LogP contribution is -2.68. The predicted octanol–water partition coefficient (Wildman–Crippen LogP) is 6.36. The molecule has 3 N–H and O–H groups in total. The second-order valence-electron chi connectivity index (χ2n) is 15.7. The number of fused-ring (bicyclic) bond motifs is 7. The number of hydrogen-bond donors (Lipinski definition) is 3. The third kappa shape index (κ3) is 2.76. The van der Waals surface area contributed by atoms with E-state index in [-0.39, 0.29) is 45.0 Å². The number of aliphatic hydroxyl groups excluding tert-OH is 3. The van der Waals surface area contributed by atoms with Crippen LogP contribution in [0.4, 0.5) is 0 Å². The van der Waals surface area contributed by atoms with E-state index in [1.807, 2.05) is 0 Å². The van der Waals surface area contributed by atoms with Gasteiger partial charge in [0.05, 0.1) is 18.3 Å². The summed E-state index contributed by atoms with van der Waals surface area (Å²) in [5, 5.41) is 34.3. The molecule has 0 saturated heterocycles. The van der Waals surface area contributed by atoms with Crippen LogP contribution in [-0.4, -0.2) is 33.6 Å². The van der Waals surface area contributed by atoms with Gasteiger partial charge in [-0.3, -0.25) is 0 Å². The fraction of sp³-hybridized carbons (Fsp3) is 0.935. The van der Waals surface area contributed by atoms with Crippen molar-refractivity contribution < 1.29 is 15.3 Å². The number of aliphatic hydroxyl groups is 3. The second kappa shape index (κ2) is 7.13. The van der Waals surface area contributed by atoms with Gasteiger partial charge in [0, 0.05) is 5.41 Å². The van der Waals surface area contributed by atoms with E-state index >= 15 is 0 Å². The summed E-state index contributed by atoms with van der Waals surface area (Å²) in [6.45, 7) is 21.1. The average molecular weight is 473 g/mol. The van der Waals surface area contributed by atoms with Gasteiger partial charge < -0.3 is 15.3 Å². The zero-order valence-electron chi connectivity index (χ0n) is 23.4. The van der Waals surface area contributed by atoms with Crippen LogP contribution in [0.5, 0.6) is 0 Å². The maximum absolute atomic E-state index is 11.8. The highest BCUT2D eigenvalue weighted by Gasteiger charge is 2.70. The highest BCUT2D eigenvalue weighted by molar-refractivity contribution is 5.35. The monoisotopic (exact) mass is 472 g/mol. The smallest absolute Gasteiger partial charge is 0.0654 e. The molecule has 5 aliphatic carbocycles. The Morgan fingerprint density at radius 1 is 0.794 bits per heavy atom. The van der Waals surface area contributed by atoms with E-state index in [0.29, 0.717) is 11.8 Å². The molecular formula is C31H52O3. The summed E-state index contributed by atoms with van der Waals surface area (Å²) in [6.07, 6.45) is 8.66. The molecule has 5 rings (SSSR count). The average Bonchev–Trinajstić information content (AvgIpc) is 2.73. The van der Waals surface area contributed by atoms with Crippen molar-refractivity contribution in [1.82, 2.24) is 0 Å². The summed E-state index contributed by atoms with van der Waals surface area (Å²) in [6, 6.07) is 0. The zero-order chi connectivity index (χ0) is 25.3. The third-order valence-corrected chi connectivity index (χ3v) is 14.0. The minimum atomic E-state index is -0.487. The lowest BCUT2D eigenvalue weighted by atomic mass is 9.33. The molecule has 11 atom stereocenters. The summed E-state index contributed by atoms with van der Waals surface area (Å²) >= 11 is 0. The Bertz CT molecular complexity index is 889. The number of hydrogen-bond acceptors (Lipinski definition) is 3. The molecule has 0 amide bonds. The van der Waals surface area contributed by atoms with Gasteiger partial charge in [-0.2, -0.15) is 0 Å². The molecule has 0 aromatic rings. The minimum Gasteiger partial charge on any atom is -0.393 e. The molecule has 4 saturated carbocycles. The summed E-state index contributed by atoms with van der Waals surface area (Å²) in [4.78, 5) is 0. The van der Waals surface area contributed by atoms with Crippen LogP contribution in [0.25, 0.3) is 0 Å². The van der Waals surface area contributed by atoms with E-state index in [1.165, 1.54) is 12.8 Å². The van der Waals surface area contributed by atoms with E-state index in [2.05, 4.69) is 68.4 Å². The van der Waals surface area contributed by atoms with Crippen LogP contribution in [0.2, 0.25) is 0 Å². The summed E-state index contributed by atoms with van der Waals surface area (Å²) in [7, 11) is 0. The van der Waals surface area contributed by atoms with Gasteiger partial charge in [-0.05, 0) is 95.7 Å². The Kier molecular flexibility index (Phi) is 5.30. The molecule has 3 nitrogen and oxygen atoms in total. The molecule has 0 aromatic heterocycles. The Morgan fingerprint density at radius 3 is 2.09 bits per heavy atom. The molecule has 0 spiro atoms. The molecule has 4 fully saturated rings. The predicted molar refractivity (Wildman–Crippen MR) is 138 cm³/mol. The number of allylic oxidation sites excluding steroid dienone is 2. The molecule has 3 heteroatoms. The van der Waals surface area contributed by atoms with Gasteiger partial charge in [-0.15, -0.1) is 0 Å². The molecule has 0 aliphatic heterocycles. The van der Waals surface area contributed by atoms with Crippen molar-refractivity contribution in [1.29, 1.82) is 0 Å². The maximum Gasteiger partial charge on any atom is 0.0654 e. The van der Waals surface area contributed by atoms with Gasteiger partial charge in [0.1, 0.15) is 0 Å². The molecule has 0 heterocycles. The van der Waals surface area contributed by atoms with Gasteiger partial charge in [0.25, 0.3) is 0 Å². The van der Waals surface area contributed by atoms with Crippen LogP contribution < -0.4 is 0 Å². The molecule has 5 aliphatic rings. The first-order valence-electron chi connectivity index (χ1n) is 14.2. The van der Waals surface area contributed by atoms with Gasteiger partial charge in [-0.1, -0.05) is 74.0 Å². The van der Waals surface area contributed by atoms with Crippen molar-refractivity contribution in [2.24, 2.45) is 56.2 Å². The van der Waals surface area contributed by atoms with Crippen LogP contribution in [0.3, 0.4) is 0 Å². The Hall–Kier alpha value is -0.380. The minimum absolute atomic E-state index is 0.0441. The number of rotatable bonds is 0. The van der Waals surface area contributed by atoms with Crippen LogP contribution in [0.1, 0.15) is 107 Å². The van der Waals surface area contributed by atoms with Crippen LogP contribution >= 0.6 is 0 Å². The highest BCUT2D eigenvalue weighted by atomic mass is 16.3. The molecule has 194 valence electrons. The molecule has 3 unspecified atom stereocenters. The van der Waals surface area contributed by atoms with Crippen molar-refractivity contribution >= 4 is 0 Å². The topological polar surface area (TPSA) is 60.7 Å². The van der Waals surface area contributed by atoms with E-state index in [9.17, 15) is 15.3 Å². The molecule has 0 aromatic carbocycles. The van der Waals surface area contributed by atoms with Crippen LogP contribution in [0.15, 0.2) is 11.6 Å². The van der Waals surface area contributed by atoms with Gasteiger partial charge >= 0.3 is 0 Å². The Morgan fingerprint density at radius 2 is 1.44 bits per heavy atom. The van der Waals surface area contributed by atoms with Crippen molar-refractivity contribution in [2.45, 2.75) is 126 Å². The van der Waals surface area contributed by atoms with Gasteiger partial charge in [0.15, 0.2) is 0 Å². The van der Waals surface area contributed by atoms with E-state index < -0.39 is 17.6 Å². The van der Waals surface area contributed by atoms with E-state index in [4.69, 9.17) is 0 Å². The van der Waals surface area contributed by atoms with E-state index in [0.717, 1.165) is 32.1 Å². The lowest BCUT2D eigenvalue weighted by molar-refractivity contribution is -0.233.